The highest BCUT2D eigenvalue weighted by atomic mass is 16.4. The number of carbonyl (C=O) groups excluding carboxylic acids is 3. The second-order valence-corrected chi connectivity index (χ2v) is 8.37. The number of nitrogens with two attached hydrogens (primary N) is 1. The van der Waals surface area contributed by atoms with E-state index in [1.807, 2.05) is 0 Å². The first kappa shape index (κ1) is 28.3. The maximum absolute atomic E-state index is 12.9. The Bertz CT molecular complexity index is 666. The molecule has 178 valence electrons. The van der Waals surface area contributed by atoms with Crippen LogP contribution in [0.3, 0.4) is 0 Å². The number of rotatable bonds is 13. The number of carboxylic acids is 2. The summed E-state index contributed by atoms with van der Waals surface area (Å²) in [4.78, 5) is 60.0. The highest BCUT2D eigenvalue weighted by molar-refractivity contribution is 5.94. The van der Waals surface area contributed by atoms with Gasteiger partial charge < -0.3 is 31.9 Å². The summed E-state index contributed by atoms with van der Waals surface area (Å²) in [6, 6.07) is -4.54. The van der Waals surface area contributed by atoms with Crippen molar-refractivity contribution in [3.63, 3.8) is 0 Å². The average Bonchev–Trinajstić information content (AvgIpc) is 2.66. The number of nitrogens with one attached hydrogen (secondary N) is 3. The Morgan fingerprint density at radius 3 is 1.65 bits per heavy atom. The van der Waals surface area contributed by atoms with Crippen LogP contribution < -0.4 is 21.7 Å². The molecule has 0 aromatic heterocycles. The van der Waals surface area contributed by atoms with Gasteiger partial charge in [-0.15, -0.1) is 0 Å². The van der Waals surface area contributed by atoms with E-state index in [2.05, 4.69) is 16.0 Å². The summed E-state index contributed by atoms with van der Waals surface area (Å²) in [5, 5.41) is 25.4. The van der Waals surface area contributed by atoms with Crippen LogP contribution in [0.25, 0.3) is 0 Å². The molecule has 0 aliphatic heterocycles. The molecule has 0 saturated carbocycles. The quantitative estimate of drug-likeness (QED) is 0.223. The third-order valence-electron chi connectivity index (χ3n) is 5.05. The molecule has 0 radical (unpaired) electrons. The summed E-state index contributed by atoms with van der Waals surface area (Å²) < 4.78 is 0. The molecule has 7 N–H and O–H groups in total. The van der Waals surface area contributed by atoms with Crippen molar-refractivity contribution < 1.29 is 34.2 Å². The van der Waals surface area contributed by atoms with Crippen LogP contribution in [-0.4, -0.2) is 64.0 Å². The van der Waals surface area contributed by atoms with Gasteiger partial charge in [-0.25, -0.2) is 4.79 Å². The molecule has 0 fully saturated rings. The van der Waals surface area contributed by atoms with Crippen molar-refractivity contribution in [3.8, 4) is 0 Å². The van der Waals surface area contributed by atoms with Crippen molar-refractivity contribution in [2.24, 2.45) is 23.5 Å². The second kappa shape index (κ2) is 12.9. The molecular formula is C20H36N4O7. The van der Waals surface area contributed by atoms with E-state index in [0.29, 0.717) is 6.42 Å². The zero-order valence-corrected chi connectivity index (χ0v) is 19.0. The first-order chi connectivity index (χ1) is 14.2. The smallest absolute Gasteiger partial charge is 0.326 e. The van der Waals surface area contributed by atoms with Crippen LogP contribution in [0.4, 0.5) is 0 Å². The molecule has 0 saturated heterocycles. The average molecular weight is 445 g/mol. The van der Waals surface area contributed by atoms with Gasteiger partial charge in [0.1, 0.15) is 18.1 Å². The van der Waals surface area contributed by atoms with Gasteiger partial charge in [0.05, 0.1) is 12.5 Å². The number of carbonyl (C=O) groups is 5. The minimum Gasteiger partial charge on any atom is -0.481 e. The van der Waals surface area contributed by atoms with Crippen molar-refractivity contribution in [3.05, 3.63) is 0 Å². The predicted molar refractivity (Wildman–Crippen MR) is 113 cm³/mol. The fraction of sp³-hybridized carbons (Fsp3) is 0.750. The lowest BCUT2D eigenvalue weighted by molar-refractivity contribution is -0.147. The standard InChI is InChI=1S/C20H36N4O7/c1-7-11(6)16(19(29)22-12(20(30)31)8-13(25)26)24-18(28)15(10(4)5)23-17(27)14(21)9(2)3/h9-12,14-16H,7-8,21H2,1-6H3,(H,22,29)(H,23,27)(H,24,28)(H,25,26)(H,30,31). The fourth-order valence-electron chi connectivity index (χ4n) is 2.67. The summed E-state index contributed by atoms with van der Waals surface area (Å²) in [6.45, 7) is 10.5. The van der Waals surface area contributed by atoms with Gasteiger partial charge in [-0.3, -0.25) is 19.2 Å². The number of hydrogen-bond acceptors (Lipinski definition) is 6. The molecule has 0 aromatic carbocycles. The third-order valence-corrected chi connectivity index (χ3v) is 5.05. The van der Waals surface area contributed by atoms with Crippen molar-refractivity contribution >= 4 is 29.7 Å². The molecular weight excluding hydrogens is 408 g/mol. The number of carboxylic acid groups (broad SMARTS) is 2. The topological polar surface area (TPSA) is 188 Å². The van der Waals surface area contributed by atoms with Crippen LogP contribution in [-0.2, 0) is 24.0 Å². The summed E-state index contributed by atoms with van der Waals surface area (Å²) >= 11 is 0. The van der Waals surface area contributed by atoms with E-state index < -0.39 is 60.2 Å². The van der Waals surface area contributed by atoms with Crippen molar-refractivity contribution in [1.29, 1.82) is 0 Å². The largest absolute Gasteiger partial charge is 0.481 e. The first-order valence-corrected chi connectivity index (χ1v) is 10.3. The summed E-state index contributed by atoms with van der Waals surface area (Å²) in [7, 11) is 0. The lowest BCUT2D eigenvalue weighted by Gasteiger charge is -2.29. The summed E-state index contributed by atoms with van der Waals surface area (Å²) in [5.74, 6) is -5.67. The van der Waals surface area contributed by atoms with E-state index in [1.54, 1.807) is 41.5 Å². The van der Waals surface area contributed by atoms with Gasteiger partial charge in [-0.05, 0) is 17.8 Å². The molecule has 0 heterocycles. The predicted octanol–water partition coefficient (Wildman–Crippen LogP) is -0.314. The zero-order valence-electron chi connectivity index (χ0n) is 19.0. The van der Waals surface area contributed by atoms with E-state index in [4.69, 9.17) is 15.9 Å². The van der Waals surface area contributed by atoms with Gasteiger partial charge in [0.2, 0.25) is 17.7 Å². The Balaban J connectivity index is 5.53. The molecule has 11 nitrogen and oxygen atoms in total. The molecule has 3 amide bonds. The molecule has 5 unspecified atom stereocenters. The molecule has 11 heteroatoms. The highest BCUT2D eigenvalue weighted by Crippen LogP contribution is 2.11. The van der Waals surface area contributed by atoms with Gasteiger partial charge in [0.25, 0.3) is 0 Å². The minimum absolute atomic E-state index is 0.142. The van der Waals surface area contributed by atoms with Crippen LogP contribution in [0.5, 0.6) is 0 Å². The number of amides is 3. The van der Waals surface area contributed by atoms with Gasteiger partial charge in [-0.2, -0.15) is 0 Å². The Kier molecular flexibility index (Phi) is 11.8. The van der Waals surface area contributed by atoms with Gasteiger partial charge in [-0.1, -0.05) is 48.0 Å². The van der Waals surface area contributed by atoms with E-state index in [0.717, 1.165) is 0 Å². The Labute approximate surface area is 182 Å². The van der Waals surface area contributed by atoms with Crippen LogP contribution >= 0.6 is 0 Å². The molecule has 0 aromatic rings. The monoisotopic (exact) mass is 444 g/mol. The molecule has 0 aliphatic rings. The maximum Gasteiger partial charge on any atom is 0.326 e. The third kappa shape index (κ3) is 9.33. The van der Waals surface area contributed by atoms with Crippen LogP contribution in [0.1, 0.15) is 54.4 Å². The first-order valence-electron chi connectivity index (χ1n) is 10.3. The van der Waals surface area contributed by atoms with Crippen LogP contribution in [0.15, 0.2) is 0 Å². The Hall–Kier alpha value is -2.69. The van der Waals surface area contributed by atoms with E-state index in [1.165, 1.54) is 0 Å². The van der Waals surface area contributed by atoms with E-state index >= 15 is 0 Å². The molecule has 0 spiro atoms. The van der Waals surface area contributed by atoms with Gasteiger partial charge in [0, 0.05) is 0 Å². The lowest BCUT2D eigenvalue weighted by atomic mass is 9.95. The minimum atomic E-state index is -1.64. The Morgan fingerprint density at radius 2 is 1.26 bits per heavy atom. The molecule has 31 heavy (non-hydrogen) atoms. The number of aliphatic carboxylic acids is 2. The van der Waals surface area contributed by atoms with Crippen molar-refractivity contribution in [2.45, 2.75) is 78.6 Å². The highest BCUT2D eigenvalue weighted by Gasteiger charge is 2.34. The SMILES string of the molecule is CCC(C)C(NC(=O)C(NC(=O)C(N)C(C)C)C(C)C)C(=O)NC(CC(=O)O)C(=O)O. The lowest BCUT2D eigenvalue weighted by Crippen LogP contribution is -2.60. The fourth-order valence-corrected chi connectivity index (χ4v) is 2.67. The maximum atomic E-state index is 12.9. The van der Waals surface area contributed by atoms with Crippen LogP contribution in [0.2, 0.25) is 0 Å². The Morgan fingerprint density at radius 1 is 0.774 bits per heavy atom. The number of hydrogen-bond donors (Lipinski definition) is 6. The summed E-state index contributed by atoms with van der Waals surface area (Å²) in [5.41, 5.74) is 5.84. The molecule has 0 rings (SSSR count). The second-order valence-electron chi connectivity index (χ2n) is 8.37. The molecule has 0 bridgehead atoms. The van der Waals surface area contributed by atoms with Gasteiger partial charge >= 0.3 is 11.9 Å². The van der Waals surface area contributed by atoms with Crippen molar-refractivity contribution in [1.82, 2.24) is 16.0 Å². The molecule has 5 atom stereocenters. The van der Waals surface area contributed by atoms with Crippen LogP contribution in [0, 0.1) is 17.8 Å². The normalized spacial score (nSPS) is 16.0. The summed E-state index contributed by atoms with van der Waals surface area (Å²) in [6.07, 6.45) is -0.327. The van der Waals surface area contributed by atoms with E-state index in [9.17, 15) is 24.0 Å². The van der Waals surface area contributed by atoms with E-state index in [-0.39, 0.29) is 17.8 Å². The van der Waals surface area contributed by atoms with Crippen molar-refractivity contribution in [2.75, 3.05) is 0 Å². The van der Waals surface area contributed by atoms with Gasteiger partial charge in [0.15, 0.2) is 0 Å². The molecule has 0 aliphatic carbocycles. The zero-order chi connectivity index (χ0) is 24.5.